The Morgan fingerprint density at radius 3 is 2.57 bits per heavy atom. The molecule has 28 heavy (non-hydrogen) atoms. The maximum absolute atomic E-state index is 13.8. The first-order chi connectivity index (χ1) is 13.5. The lowest BCUT2D eigenvalue weighted by atomic mass is 10.1. The average molecular weight is 399 g/mol. The first-order valence-corrected chi connectivity index (χ1v) is 10.00. The van der Waals surface area contributed by atoms with E-state index in [9.17, 15) is 9.18 Å². The molecule has 2 aromatic carbocycles. The molecule has 0 saturated heterocycles. The minimum atomic E-state index is -0.430. The van der Waals surface area contributed by atoms with E-state index in [0.717, 1.165) is 24.6 Å². The van der Waals surface area contributed by atoms with Gasteiger partial charge in [0.15, 0.2) is 0 Å². The van der Waals surface area contributed by atoms with Crippen LogP contribution in [0.4, 0.5) is 4.39 Å². The van der Waals surface area contributed by atoms with Crippen molar-refractivity contribution in [1.29, 1.82) is 0 Å². The lowest BCUT2D eigenvalue weighted by Gasteiger charge is -2.16. The Kier molecular flexibility index (Phi) is 6.81. The molecule has 2 unspecified atom stereocenters. The third kappa shape index (κ3) is 5.42. The minimum Gasteiger partial charge on any atom is -0.411 e. The highest BCUT2D eigenvalue weighted by Gasteiger charge is 2.20. The molecule has 0 spiro atoms. The van der Waals surface area contributed by atoms with Gasteiger partial charge in [-0.3, -0.25) is 4.79 Å². The number of aryl methyl sites for hydroxylation is 1. The Hall–Kier alpha value is -2.67. The zero-order chi connectivity index (χ0) is 19.9. The van der Waals surface area contributed by atoms with Crippen molar-refractivity contribution in [2.45, 2.75) is 43.2 Å². The van der Waals surface area contributed by atoms with Gasteiger partial charge in [0, 0.05) is 6.04 Å². The standard InChI is InChI=1S/C21H22FN3O2S/c1-14(12-13-16-8-4-3-5-9-16)23-19(26)15(2)28-21-25-24-20(27-21)17-10-6-7-11-18(17)22/h3-11,14-15H,12-13H2,1-2H3,(H,23,26). The number of aromatic nitrogens is 2. The number of halogens is 1. The van der Waals surface area contributed by atoms with Gasteiger partial charge in [-0.05, 0) is 44.4 Å². The summed E-state index contributed by atoms with van der Waals surface area (Å²) in [6.07, 6.45) is 1.75. The number of hydrogen-bond acceptors (Lipinski definition) is 5. The summed E-state index contributed by atoms with van der Waals surface area (Å²) in [5.74, 6) is -0.429. The topological polar surface area (TPSA) is 68.0 Å². The van der Waals surface area contributed by atoms with Crippen LogP contribution in [0.15, 0.2) is 64.2 Å². The molecular weight excluding hydrogens is 377 g/mol. The van der Waals surface area contributed by atoms with Crippen molar-refractivity contribution < 1.29 is 13.6 Å². The Morgan fingerprint density at radius 1 is 1.11 bits per heavy atom. The average Bonchev–Trinajstić information content (AvgIpc) is 3.15. The van der Waals surface area contributed by atoms with Crippen LogP contribution in [0.5, 0.6) is 0 Å². The Balaban J connectivity index is 1.51. The lowest BCUT2D eigenvalue weighted by molar-refractivity contribution is -0.120. The van der Waals surface area contributed by atoms with Crippen LogP contribution in [0.3, 0.4) is 0 Å². The van der Waals surface area contributed by atoms with E-state index in [1.54, 1.807) is 25.1 Å². The largest absolute Gasteiger partial charge is 0.411 e. The molecule has 0 radical (unpaired) electrons. The van der Waals surface area contributed by atoms with Gasteiger partial charge in [0.2, 0.25) is 5.91 Å². The second-order valence-corrected chi connectivity index (χ2v) is 7.84. The summed E-state index contributed by atoms with van der Waals surface area (Å²) >= 11 is 1.15. The van der Waals surface area contributed by atoms with Crippen molar-refractivity contribution in [3.05, 3.63) is 66.0 Å². The van der Waals surface area contributed by atoms with Crippen LogP contribution in [0.2, 0.25) is 0 Å². The molecule has 1 heterocycles. The number of rotatable bonds is 8. The van der Waals surface area contributed by atoms with E-state index in [-0.39, 0.29) is 28.6 Å². The highest BCUT2D eigenvalue weighted by molar-refractivity contribution is 8.00. The third-order valence-corrected chi connectivity index (χ3v) is 5.19. The first kappa shape index (κ1) is 20.1. The predicted molar refractivity (Wildman–Crippen MR) is 107 cm³/mol. The first-order valence-electron chi connectivity index (χ1n) is 9.12. The van der Waals surface area contributed by atoms with Gasteiger partial charge in [0.1, 0.15) is 5.82 Å². The molecule has 0 aliphatic rings. The summed E-state index contributed by atoms with van der Waals surface area (Å²) in [4.78, 5) is 12.4. The lowest BCUT2D eigenvalue weighted by Crippen LogP contribution is -2.37. The normalized spacial score (nSPS) is 13.1. The highest BCUT2D eigenvalue weighted by atomic mass is 32.2. The fraction of sp³-hybridized carbons (Fsp3) is 0.286. The smallest absolute Gasteiger partial charge is 0.277 e. The molecule has 0 fully saturated rings. The van der Waals surface area contributed by atoms with Gasteiger partial charge in [-0.15, -0.1) is 10.2 Å². The number of amides is 1. The predicted octanol–water partition coefficient (Wildman–Crippen LogP) is 4.49. The Labute approximate surface area is 167 Å². The number of thioether (sulfide) groups is 1. The monoisotopic (exact) mass is 399 g/mol. The Morgan fingerprint density at radius 2 is 1.82 bits per heavy atom. The fourth-order valence-corrected chi connectivity index (χ4v) is 3.36. The van der Waals surface area contributed by atoms with Gasteiger partial charge < -0.3 is 9.73 Å². The molecule has 5 nitrogen and oxygen atoms in total. The van der Waals surface area contributed by atoms with Gasteiger partial charge >= 0.3 is 0 Å². The summed E-state index contributed by atoms with van der Waals surface area (Å²) < 4.78 is 19.3. The van der Waals surface area contributed by atoms with Gasteiger partial charge in [-0.2, -0.15) is 0 Å². The third-order valence-electron chi connectivity index (χ3n) is 4.26. The zero-order valence-corrected chi connectivity index (χ0v) is 16.6. The number of nitrogens with zero attached hydrogens (tertiary/aromatic N) is 2. The molecule has 1 aromatic heterocycles. The Bertz CT molecular complexity index is 917. The molecule has 1 N–H and O–H groups in total. The number of benzene rings is 2. The van der Waals surface area contributed by atoms with E-state index in [2.05, 4.69) is 27.6 Å². The number of carbonyl (C=O) groups excluding carboxylic acids is 1. The van der Waals surface area contributed by atoms with E-state index in [4.69, 9.17) is 4.42 Å². The molecular formula is C21H22FN3O2S. The minimum absolute atomic E-state index is 0.0485. The fourth-order valence-electron chi connectivity index (χ4n) is 2.67. The van der Waals surface area contributed by atoms with E-state index in [1.807, 2.05) is 25.1 Å². The molecule has 0 bridgehead atoms. The second-order valence-electron chi connectivity index (χ2n) is 6.55. The number of nitrogens with one attached hydrogen (secondary N) is 1. The molecule has 3 rings (SSSR count). The van der Waals surface area contributed by atoms with Crippen molar-refractivity contribution in [3.8, 4) is 11.5 Å². The molecule has 2 atom stereocenters. The van der Waals surface area contributed by atoms with Gasteiger partial charge in [0.05, 0.1) is 10.8 Å². The van der Waals surface area contributed by atoms with Crippen molar-refractivity contribution in [1.82, 2.24) is 15.5 Å². The van der Waals surface area contributed by atoms with Crippen molar-refractivity contribution >= 4 is 17.7 Å². The van der Waals surface area contributed by atoms with Gasteiger partial charge in [-0.1, -0.05) is 54.2 Å². The molecule has 7 heteroatoms. The van der Waals surface area contributed by atoms with Crippen molar-refractivity contribution in [2.75, 3.05) is 0 Å². The van der Waals surface area contributed by atoms with Crippen molar-refractivity contribution in [3.63, 3.8) is 0 Å². The van der Waals surface area contributed by atoms with Crippen LogP contribution in [-0.2, 0) is 11.2 Å². The van der Waals surface area contributed by atoms with Crippen LogP contribution in [-0.4, -0.2) is 27.4 Å². The number of carbonyl (C=O) groups is 1. The summed E-state index contributed by atoms with van der Waals surface area (Å²) in [5.41, 5.74) is 1.49. The molecule has 146 valence electrons. The van der Waals surface area contributed by atoms with Gasteiger partial charge in [0.25, 0.3) is 11.1 Å². The number of hydrogen-bond donors (Lipinski definition) is 1. The summed E-state index contributed by atoms with van der Waals surface area (Å²) in [7, 11) is 0. The van der Waals surface area contributed by atoms with Crippen LogP contribution >= 0.6 is 11.8 Å². The van der Waals surface area contributed by atoms with E-state index >= 15 is 0 Å². The molecule has 0 saturated carbocycles. The molecule has 0 aliphatic heterocycles. The maximum Gasteiger partial charge on any atom is 0.277 e. The quantitative estimate of drug-likeness (QED) is 0.565. The van der Waals surface area contributed by atoms with Crippen LogP contribution in [0, 0.1) is 5.82 Å². The van der Waals surface area contributed by atoms with Crippen molar-refractivity contribution in [2.24, 2.45) is 0 Å². The van der Waals surface area contributed by atoms with E-state index in [1.165, 1.54) is 11.6 Å². The summed E-state index contributed by atoms with van der Waals surface area (Å²) in [5, 5.41) is 10.6. The van der Waals surface area contributed by atoms with E-state index in [0.29, 0.717) is 0 Å². The summed E-state index contributed by atoms with van der Waals surface area (Å²) in [6, 6.07) is 16.4. The molecule has 1 amide bonds. The highest BCUT2D eigenvalue weighted by Crippen LogP contribution is 2.27. The van der Waals surface area contributed by atoms with Crippen LogP contribution < -0.4 is 5.32 Å². The van der Waals surface area contributed by atoms with Gasteiger partial charge in [-0.25, -0.2) is 4.39 Å². The molecule has 3 aromatic rings. The van der Waals surface area contributed by atoms with Crippen LogP contribution in [0.25, 0.3) is 11.5 Å². The SMILES string of the molecule is CC(CCc1ccccc1)NC(=O)C(C)Sc1nnc(-c2ccccc2F)o1. The second kappa shape index (κ2) is 9.50. The summed E-state index contributed by atoms with van der Waals surface area (Å²) in [6.45, 7) is 3.76. The molecule has 0 aliphatic carbocycles. The van der Waals surface area contributed by atoms with E-state index < -0.39 is 11.1 Å². The zero-order valence-electron chi connectivity index (χ0n) is 15.8. The van der Waals surface area contributed by atoms with Crippen LogP contribution in [0.1, 0.15) is 25.8 Å². The maximum atomic E-state index is 13.8.